The van der Waals surface area contributed by atoms with Crippen LogP contribution in [0.25, 0.3) is 0 Å². The van der Waals surface area contributed by atoms with Gasteiger partial charge in [0.05, 0.1) is 16.6 Å². The van der Waals surface area contributed by atoms with Gasteiger partial charge in [0.2, 0.25) is 0 Å². The smallest absolute Gasteiger partial charge is 0.287 e. The Hall–Kier alpha value is -1.96. The van der Waals surface area contributed by atoms with Gasteiger partial charge in [0.25, 0.3) is 5.91 Å². The quantitative estimate of drug-likeness (QED) is 0.732. The van der Waals surface area contributed by atoms with Crippen molar-refractivity contribution in [2.45, 2.75) is 24.5 Å². The van der Waals surface area contributed by atoms with Gasteiger partial charge < -0.3 is 14.6 Å². The van der Waals surface area contributed by atoms with Gasteiger partial charge >= 0.3 is 0 Å². The summed E-state index contributed by atoms with van der Waals surface area (Å²) >= 11 is 0. The van der Waals surface area contributed by atoms with Crippen LogP contribution < -0.4 is 5.32 Å². The van der Waals surface area contributed by atoms with Gasteiger partial charge in [0, 0.05) is 44.2 Å². The van der Waals surface area contributed by atoms with Crippen molar-refractivity contribution >= 4 is 16.7 Å². The molecule has 1 amide bonds. The number of carbonyl (C=O) groups excluding carboxylic acids is 1. The Morgan fingerprint density at radius 3 is 2.54 bits per heavy atom. The third kappa shape index (κ3) is 5.53. The van der Waals surface area contributed by atoms with Crippen LogP contribution in [0.2, 0.25) is 0 Å². The first-order valence-electron chi connectivity index (χ1n) is 9.82. The maximum Gasteiger partial charge on any atom is 0.287 e. The molecule has 1 fully saturated rings. The lowest BCUT2D eigenvalue weighted by molar-refractivity contribution is 0.0909. The summed E-state index contributed by atoms with van der Waals surface area (Å²) in [5, 5.41) is 2.92. The minimum absolute atomic E-state index is 0.222. The second kappa shape index (κ2) is 10.0. The minimum atomic E-state index is -1.19. The van der Waals surface area contributed by atoms with Crippen molar-refractivity contribution in [2.75, 3.05) is 45.8 Å². The van der Waals surface area contributed by atoms with Gasteiger partial charge in [-0.05, 0) is 37.2 Å². The summed E-state index contributed by atoms with van der Waals surface area (Å²) in [6.07, 6.45) is 0. The van der Waals surface area contributed by atoms with Crippen LogP contribution in [-0.2, 0) is 16.6 Å². The number of carbonyl (C=O) groups is 1. The summed E-state index contributed by atoms with van der Waals surface area (Å²) in [6.45, 7) is 10.9. The molecule has 2 aromatic rings. The highest BCUT2D eigenvalue weighted by molar-refractivity contribution is 7.84. The number of aryl methyl sites for hydroxylation is 1. The zero-order chi connectivity index (χ0) is 19.9. The summed E-state index contributed by atoms with van der Waals surface area (Å²) in [7, 11) is -1.19. The number of benzene rings is 1. The molecule has 1 atom stereocenters. The summed E-state index contributed by atoms with van der Waals surface area (Å²) in [4.78, 5) is 17.9. The van der Waals surface area contributed by atoms with E-state index in [2.05, 4.69) is 22.0 Å². The number of likely N-dealkylation sites (N-methyl/N-ethyl adjacent to an activating group) is 1. The van der Waals surface area contributed by atoms with Gasteiger partial charge in [-0.3, -0.25) is 13.9 Å². The first-order valence-corrected chi connectivity index (χ1v) is 11.1. The molecule has 1 aromatic carbocycles. The van der Waals surface area contributed by atoms with E-state index < -0.39 is 10.8 Å². The van der Waals surface area contributed by atoms with E-state index in [1.54, 1.807) is 12.1 Å². The van der Waals surface area contributed by atoms with Crippen molar-refractivity contribution in [3.8, 4) is 0 Å². The fourth-order valence-electron chi connectivity index (χ4n) is 3.34. The van der Waals surface area contributed by atoms with Crippen LogP contribution in [-0.4, -0.2) is 65.7 Å². The average molecular weight is 404 g/mol. The molecule has 1 aromatic heterocycles. The lowest BCUT2D eigenvalue weighted by Crippen LogP contribution is -2.48. The SMILES string of the molecule is CCN1CCN(CCNC(=O)c2ccc(C[S@](=O)c3ccccc3C)o2)CC1. The summed E-state index contributed by atoms with van der Waals surface area (Å²) < 4.78 is 18.2. The van der Waals surface area contributed by atoms with Gasteiger partial charge in [-0.2, -0.15) is 0 Å². The second-order valence-electron chi connectivity index (χ2n) is 7.05. The highest BCUT2D eigenvalue weighted by atomic mass is 32.2. The third-order valence-electron chi connectivity index (χ3n) is 5.12. The number of nitrogens with one attached hydrogen (secondary N) is 1. The van der Waals surface area contributed by atoms with Crippen LogP contribution in [0.5, 0.6) is 0 Å². The molecule has 1 N–H and O–H groups in total. The molecule has 152 valence electrons. The van der Waals surface area contributed by atoms with E-state index in [9.17, 15) is 9.00 Å². The Morgan fingerprint density at radius 1 is 1.11 bits per heavy atom. The minimum Gasteiger partial charge on any atom is -0.455 e. The van der Waals surface area contributed by atoms with Crippen molar-refractivity contribution in [2.24, 2.45) is 0 Å². The number of rotatable bonds is 8. The fourth-order valence-corrected chi connectivity index (χ4v) is 4.57. The Morgan fingerprint density at radius 2 is 1.82 bits per heavy atom. The molecule has 1 aliphatic rings. The van der Waals surface area contributed by atoms with Crippen molar-refractivity contribution in [1.29, 1.82) is 0 Å². The third-order valence-corrected chi connectivity index (χ3v) is 6.62. The van der Waals surface area contributed by atoms with Crippen molar-refractivity contribution < 1.29 is 13.4 Å². The van der Waals surface area contributed by atoms with Gasteiger partial charge in [0.1, 0.15) is 5.76 Å². The van der Waals surface area contributed by atoms with Crippen molar-refractivity contribution in [3.63, 3.8) is 0 Å². The monoisotopic (exact) mass is 403 g/mol. The van der Waals surface area contributed by atoms with E-state index in [0.29, 0.717) is 12.3 Å². The van der Waals surface area contributed by atoms with E-state index in [1.807, 2.05) is 31.2 Å². The van der Waals surface area contributed by atoms with E-state index in [0.717, 1.165) is 49.7 Å². The molecule has 0 unspecified atom stereocenters. The van der Waals surface area contributed by atoms with Gasteiger partial charge in [0.15, 0.2) is 5.76 Å². The van der Waals surface area contributed by atoms with E-state index in [-0.39, 0.29) is 17.4 Å². The number of amides is 1. The lowest BCUT2D eigenvalue weighted by Gasteiger charge is -2.33. The topological polar surface area (TPSA) is 65.8 Å². The molecule has 6 nitrogen and oxygen atoms in total. The van der Waals surface area contributed by atoms with Crippen molar-refractivity contribution in [1.82, 2.24) is 15.1 Å². The zero-order valence-electron chi connectivity index (χ0n) is 16.6. The summed E-state index contributed by atoms with van der Waals surface area (Å²) in [5.74, 6) is 0.870. The molecule has 3 rings (SSSR count). The Labute approximate surface area is 169 Å². The first kappa shape index (κ1) is 20.8. The zero-order valence-corrected chi connectivity index (χ0v) is 17.5. The van der Waals surface area contributed by atoms with Crippen molar-refractivity contribution in [3.05, 3.63) is 53.5 Å². The molecule has 1 saturated heterocycles. The average Bonchev–Trinajstić information content (AvgIpc) is 3.17. The molecule has 0 radical (unpaired) electrons. The molecule has 0 bridgehead atoms. The van der Waals surface area contributed by atoms with Crippen LogP contribution in [0, 0.1) is 6.92 Å². The van der Waals surface area contributed by atoms with Crippen LogP contribution in [0.1, 0.15) is 28.8 Å². The summed E-state index contributed by atoms with van der Waals surface area (Å²) in [5.41, 5.74) is 0.991. The number of piperazine rings is 1. The Bertz CT molecular complexity index is 813. The van der Waals surface area contributed by atoms with Crippen LogP contribution in [0.15, 0.2) is 45.7 Å². The Kier molecular flexibility index (Phi) is 7.42. The number of hydrogen-bond donors (Lipinski definition) is 1. The molecule has 0 aliphatic carbocycles. The molecular formula is C21H29N3O3S. The predicted molar refractivity (Wildman–Crippen MR) is 111 cm³/mol. The molecule has 0 saturated carbocycles. The standard InChI is InChI=1S/C21H29N3O3S/c1-3-23-12-14-24(15-13-23)11-10-22-21(25)19-9-8-18(27-19)16-28(26)20-7-5-4-6-17(20)2/h4-9H,3,10-16H2,1-2H3,(H,22,25)/t28-/m0/s1. The van der Waals surface area contributed by atoms with E-state index >= 15 is 0 Å². The van der Waals surface area contributed by atoms with Gasteiger partial charge in [-0.25, -0.2) is 0 Å². The lowest BCUT2D eigenvalue weighted by atomic mass is 10.2. The molecular weight excluding hydrogens is 374 g/mol. The van der Waals surface area contributed by atoms with E-state index in [1.165, 1.54) is 0 Å². The first-order chi connectivity index (χ1) is 13.6. The van der Waals surface area contributed by atoms with Crippen LogP contribution in [0.4, 0.5) is 0 Å². The predicted octanol–water partition coefficient (Wildman–Crippen LogP) is 2.26. The normalized spacial score (nSPS) is 16.8. The fraction of sp³-hybridized carbons (Fsp3) is 0.476. The highest BCUT2D eigenvalue weighted by Gasteiger charge is 2.17. The number of hydrogen-bond acceptors (Lipinski definition) is 5. The van der Waals surface area contributed by atoms with Gasteiger partial charge in [-0.1, -0.05) is 25.1 Å². The maximum absolute atomic E-state index is 12.5. The van der Waals surface area contributed by atoms with E-state index in [4.69, 9.17) is 4.42 Å². The van der Waals surface area contributed by atoms with Crippen LogP contribution in [0.3, 0.4) is 0 Å². The number of nitrogens with zero attached hydrogens (tertiary/aromatic N) is 2. The van der Waals surface area contributed by atoms with Gasteiger partial charge in [-0.15, -0.1) is 0 Å². The Balaban J connectivity index is 1.45. The largest absolute Gasteiger partial charge is 0.455 e. The highest BCUT2D eigenvalue weighted by Crippen LogP contribution is 2.18. The molecule has 2 heterocycles. The van der Waals surface area contributed by atoms with Crippen LogP contribution >= 0.6 is 0 Å². The molecule has 7 heteroatoms. The maximum atomic E-state index is 12.5. The molecule has 1 aliphatic heterocycles. The molecule has 0 spiro atoms. The number of furan rings is 1. The molecule has 28 heavy (non-hydrogen) atoms. The second-order valence-corrected chi connectivity index (χ2v) is 8.47. The summed E-state index contributed by atoms with van der Waals surface area (Å²) in [6, 6.07) is 11.0.